The number of aliphatic hydroxyl groups is 1. The lowest BCUT2D eigenvalue weighted by Gasteiger charge is -2.07. The van der Waals surface area contributed by atoms with Crippen LogP contribution in [0.4, 0.5) is 0 Å². The molecule has 1 atom stereocenters. The van der Waals surface area contributed by atoms with Gasteiger partial charge in [-0.3, -0.25) is 0 Å². The number of rotatable bonds is 5. The molecule has 0 amide bonds. The van der Waals surface area contributed by atoms with E-state index in [1.165, 1.54) is 7.11 Å². The van der Waals surface area contributed by atoms with Crippen LogP contribution in [0.5, 0.6) is 0 Å². The van der Waals surface area contributed by atoms with Crippen LogP contribution in [0.2, 0.25) is 0 Å². The molecule has 0 fully saturated rings. The van der Waals surface area contributed by atoms with Crippen LogP contribution >= 0.6 is 0 Å². The molecule has 1 rings (SSSR count). The quantitative estimate of drug-likeness (QED) is 0.529. The summed E-state index contributed by atoms with van der Waals surface area (Å²) in [5.74, 6) is 0. The third-order valence-corrected chi connectivity index (χ3v) is 1.81. The van der Waals surface area contributed by atoms with E-state index in [9.17, 15) is 14.7 Å². The first-order chi connectivity index (χ1) is 6.65. The normalized spacial score (nSPS) is 13.0. The molecular formula is C7H13N3O4. The lowest BCUT2D eigenvalue weighted by Crippen LogP contribution is -2.29. The number of hydrogen-bond acceptors (Lipinski definition) is 4. The molecule has 1 aromatic rings. The van der Waals surface area contributed by atoms with Crippen LogP contribution in [0, 0.1) is 0 Å². The summed E-state index contributed by atoms with van der Waals surface area (Å²) >= 11 is 0. The molecule has 0 saturated carbocycles. The van der Waals surface area contributed by atoms with Crippen LogP contribution in [0.15, 0.2) is 9.59 Å². The summed E-state index contributed by atoms with van der Waals surface area (Å²) in [7, 11) is 1.47. The van der Waals surface area contributed by atoms with E-state index < -0.39 is 17.5 Å². The van der Waals surface area contributed by atoms with Gasteiger partial charge in [0.05, 0.1) is 12.7 Å². The molecule has 80 valence electrons. The van der Waals surface area contributed by atoms with Gasteiger partial charge in [0.1, 0.15) is 0 Å². The fourth-order valence-corrected chi connectivity index (χ4v) is 1.09. The van der Waals surface area contributed by atoms with Crippen molar-refractivity contribution in [3.05, 3.63) is 21.0 Å². The molecule has 14 heavy (non-hydrogen) atoms. The molecule has 0 radical (unpaired) electrons. The van der Waals surface area contributed by atoms with Crippen LogP contribution in [-0.4, -0.2) is 39.7 Å². The minimum Gasteiger partial charge on any atom is -0.391 e. The molecule has 0 aliphatic carbocycles. The maximum absolute atomic E-state index is 11.0. The van der Waals surface area contributed by atoms with Gasteiger partial charge >= 0.3 is 11.4 Å². The Morgan fingerprint density at radius 3 is 2.50 bits per heavy atom. The maximum atomic E-state index is 11.0. The Hall–Kier alpha value is -1.34. The van der Waals surface area contributed by atoms with Gasteiger partial charge in [0.15, 0.2) is 0 Å². The molecule has 1 heterocycles. The number of aromatic amines is 2. The average molecular weight is 203 g/mol. The summed E-state index contributed by atoms with van der Waals surface area (Å²) in [4.78, 5) is 21.9. The summed E-state index contributed by atoms with van der Waals surface area (Å²) < 4.78 is 5.69. The SMILES string of the molecule is COCC(O)CCn1c(=O)[nH][nH]c1=O. The first kappa shape index (κ1) is 10.7. The summed E-state index contributed by atoms with van der Waals surface area (Å²) in [5.41, 5.74) is -1.00. The highest BCUT2D eigenvalue weighted by Crippen LogP contribution is 1.92. The standard InChI is InChI=1S/C7H13N3O4/c1-14-4-5(11)2-3-10-6(12)8-9-7(10)13/h5,11H,2-4H2,1H3,(H,8,12)(H,9,13). The molecule has 0 spiro atoms. The predicted octanol–water partition coefficient (Wildman–Crippen LogP) is -1.74. The van der Waals surface area contributed by atoms with Gasteiger partial charge in [-0.2, -0.15) is 0 Å². The fraction of sp³-hybridized carbons (Fsp3) is 0.714. The summed E-state index contributed by atoms with van der Waals surface area (Å²) in [6.07, 6.45) is -0.365. The van der Waals surface area contributed by atoms with Crippen molar-refractivity contribution in [1.29, 1.82) is 0 Å². The number of nitrogens with zero attached hydrogens (tertiary/aromatic N) is 1. The summed E-state index contributed by atoms with van der Waals surface area (Å²) in [6, 6.07) is 0. The van der Waals surface area contributed by atoms with E-state index in [2.05, 4.69) is 10.2 Å². The molecule has 0 aromatic carbocycles. The molecular weight excluding hydrogens is 190 g/mol. The van der Waals surface area contributed by atoms with Crippen LogP contribution in [0.25, 0.3) is 0 Å². The Morgan fingerprint density at radius 1 is 1.43 bits per heavy atom. The largest absolute Gasteiger partial charge is 0.391 e. The smallest absolute Gasteiger partial charge is 0.344 e. The Balaban J connectivity index is 2.54. The summed E-state index contributed by atoms with van der Waals surface area (Å²) in [5, 5.41) is 13.6. The Labute approximate surface area is 79.3 Å². The Morgan fingerprint density at radius 2 is 2.00 bits per heavy atom. The number of aliphatic hydroxyl groups excluding tert-OH is 1. The van der Waals surface area contributed by atoms with Crippen molar-refractivity contribution in [3.63, 3.8) is 0 Å². The summed E-state index contributed by atoms with van der Waals surface area (Å²) in [6.45, 7) is 0.360. The molecule has 1 aromatic heterocycles. The van der Waals surface area contributed by atoms with Gasteiger partial charge in [-0.1, -0.05) is 0 Å². The minimum absolute atomic E-state index is 0.169. The average Bonchev–Trinajstić information content (AvgIpc) is 2.44. The van der Waals surface area contributed by atoms with E-state index in [1.54, 1.807) is 0 Å². The Bertz CT molecular complexity index is 349. The van der Waals surface area contributed by atoms with Gasteiger partial charge in [0.25, 0.3) is 0 Å². The van der Waals surface area contributed by atoms with E-state index in [0.29, 0.717) is 6.42 Å². The first-order valence-corrected chi connectivity index (χ1v) is 4.19. The zero-order valence-corrected chi connectivity index (χ0v) is 7.82. The number of methoxy groups -OCH3 is 1. The molecule has 0 aliphatic rings. The zero-order chi connectivity index (χ0) is 10.6. The predicted molar refractivity (Wildman–Crippen MR) is 48.2 cm³/mol. The second-order valence-corrected chi connectivity index (χ2v) is 2.91. The molecule has 0 saturated heterocycles. The van der Waals surface area contributed by atoms with Crippen molar-refractivity contribution in [3.8, 4) is 0 Å². The van der Waals surface area contributed by atoms with E-state index in [4.69, 9.17) is 4.74 Å². The van der Waals surface area contributed by atoms with Gasteiger partial charge in [-0.05, 0) is 6.42 Å². The van der Waals surface area contributed by atoms with Crippen LogP contribution in [0.1, 0.15) is 6.42 Å². The zero-order valence-electron chi connectivity index (χ0n) is 7.82. The van der Waals surface area contributed by atoms with E-state index in [-0.39, 0.29) is 13.2 Å². The third kappa shape index (κ3) is 2.57. The van der Waals surface area contributed by atoms with Crippen LogP contribution in [0.3, 0.4) is 0 Å². The number of aromatic nitrogens is 3. The number of hydrogen-bond donors (Lipinski definition) is 3. The lowest BCUT2D eigenvalue weighted by molar-refractivity contribution is 0.0562. The molecule has 3 N–H and O–H groups in total. The van der Waals surface area contributed by atoms with Crippen molar-refractivity contribution in [2.75, 3.05) is 13.7 Å². The van der Waals surface area contributed by atoms with E-state index >= 15 is 0 Å². The van der Waals surface area contributed by atoms with Gasteiger partial charge in [0.2, 0.25) is 0 Å². The molecule has 0 aliphatic heterocycles. The highest BCUT2D eigenvalue weighted by Gasteiger charge is 2.07. The van der Waals surface area contributed by atoms with Gasteiger partial charge < -0.3 is 9.84 Å². The van der Waals surface area contributed by atoms with E-state index in [0.717, 1.165) is 4.57 Å². The van der Waals surface area contributed by atoms with Crippen molar-refractivity contribution in [2.24, 2.45) is 0 Å². The van der Waals surface area contributed by atoms with Crippen molar-refractivity contribution in [1.82, 2.24) is 14.8 Å². The number of ether oxygens (including phenoxy) is 1. The van der Waals surface area contributed by atoms with Crippen LogP contribution < -0.4 is 11.4 Å². The number of nitrogens with one attached hydrogen (secondary N) is 2. The van der Waals surface area contributed by atoms with Gasteiger partial charge in [-0.15, -0.1) is 0 Å². The molecule has 7 nitrogen and oxygen atoms in total. The minimum atomic E-state index is -0.666. The topological polar surface area (TPSA) is 100 Å². The van der Waals surface area contributed by atoms with Crippen molar-refractivity contribution >= 4 is 0 Å². The maximum Gasteiger partial charge on any atom is 0.344 e. The Kier molecular flexibility index (Phi) is 3.66. The number of H-pyrrole nitrogens is 2. The second kappa shape index (κ2) is 4.77. The highest BCUT2D eigenvalue weighted by molar-refractivity contribution is 4.66. The second-order valence-electron chi connectivity index (χ2n) is 2.91. The lowest BCUT2D eigenvalue weighted by atomic mass is 10.3. The van der Waals surface area contributed by atoms with Gasteiger partial charge in [0, 0.05) is 13.7 Å². The fourth-order valence-electron chi connectivity index (χ4n) is 1.09. The van der Waals surface area contributed by atoms with Crippen LogP contribution in [-0.2, 0) is 11.3 Å². The molecule has 0 bridgehead atoms. The third-order valence-electron chi connectivity index (χ3n) is 1.81. The monoisotopic (exact) mass is 203 g/mol. The van der Waals surface area contributed by atoms with Crippen molar-refractivity contribution < 1.29 is 9.84 Å². The first-order valence-electron chi connectivity index (χ1n) is 4.19. The molecule has 1 unspecified atom stereocenters. The van der Waals surface area contributed by atoms with Gasteiger partial charge in [-0.25, -0.2) is 24.4 Å². The van der Waals surface area contributed by atoms with E-state index in [1.807, 2.05) is 0 Å². The highest BCUT2D eigenvalue weighted by atomic mass is 16.5. The molecule has 7 heteroatoms. The van der Waals surface area contributed by atoms with Crippen molar-refractivity contribution in [2.45, 2.75) is 19.1 Å².